The van der Waals surface area contributed by atoms with E-state index >= 15 is 0 Å². The minimum absolute atomic E-state index is 0.0140. The maximum Gasteiger partial charge on any atom is 0.246 e. The molecule has 0 saturated carbocycles. The quantitative estimate of drug-likeness (QED) is 0.628. The molecule has 2 aliphatic rings. The van der Waals surface area contributed by atoms with Gasteiger partial charge in [-0.2, -0.15) is 0 Å². The number of nitrogens with two attached hydrogens (primary N) is 1. The molecular weight excluding hydrogens is 376 g/mol. The number of carbonyl (C=O) groups excluding carboxylic acids is 3. The molecule has 2 rings (SSSR count). The molecule has 0 radical (unpaired) electrons. The second-order valence-electron chi connectivity index (χ2n) is 8.11. The van der Waals surface area contributed by atoms with Crippen molar-refractivity contribution in [2.24, 2.45) is 17.6 Å². The lowest BCUT2D eigenvalue weighted by molar-refractivity contribution is -0.142. The Bertz CT molecular complexity index is 568. The highest BCUT2D eigenvalue weighted by atomic mass is 32.2. The number of hydrogen-bond acceptors (Lipinski definition) is 5. The van der Waals surface area contributed by atoms with E-state index in [0.717, 1.165) is 31.6 Å². The largest absolute Gasteiger partial charge is 0.342 e. The van der Waals surface area contributed by atoms with Gasteiger partial charge >= 0.3 is 0 Å². The lowest BCUT2D eigenvalue weighted by Gasteiger charge is -2.32. The second-order valence-corrected chi connectivity index (χ2v) is 9.19. The number of hydrogen-bond donors (Lipinski definition) is 2. The fourth-order valence-electron chi connectivity index (χ4n) is 3.71. The highest BCUT2D eigenvalue weighted by Gasteiger charge is 2.39. The SMILES string of the molecule is CC[C@@H](C)[C@H](NC(=O)C1CCCN1C(=O)[C@H](N)[C@H](C)CC)C(=O)N1CCSC1. The highest BCUT2D eigenvalue weighted by Crippen LogP contribution is 2.22. The van der Waals surface area contributed by atoms with E-state index < -0.39 is 18.1 Å². The molecule has 0 aromatic rings. The van der Waals surface area contributed by atoms with E-state index in [2.05, 4.69) is 5.32 Å². The van der Waals surface area contributed by atoms with Crippen LogP contribution in [0.4, 0.5) is 0 Å². The lowest BCUT2D eigenvalue weighted by Crippen LogP contribution is -2.57. The van der Waals surface area contributed by atoms with Crippen molar-refractivity contribution in [1.82, 2.24) is 15.1 Å². The molecule has 3 N–H and O–H groups in total. The summed E-state index contributed by atoms with van der Waals surface area (Å²) in [5.74, 6) is 1.32. The fourth-order valence-corrected chi connectivity index (χ4v) is 4.66. The Kier molecular flexibility index (Phi) is 8.61. The van der Waals surface area contributed by atoms with Crippen LogP contribution in [-0.2, 0) is 14.4 Å². The van der Waals surface area contributed by atoms with Crippen molar-refractivity contribution in [3.63, 3.8) is 0 Å². The van der Waals surface area contributed by atoms with Crippen LogP contribution in [0.15, 0.2) is 0 Å². The third-order valence-corrected chi connectivity index (χ3v) is 7.19. The van der Waals surface area contributed by atoms with Crippen molar-refractivity contribution in [3.05, 3.63) is 0 Å². The minimum Gasteiger partial charge on any atom is -0.342 e. The van der Waals surface area contributed by atoms with Gasteiger partial charge in [0.25, 0.3) is 0 Å². The summed E-state index contributed by atoms with van der Waals surface area (Å²) in [4.78, 5) is 42.3. The summed E-state index contributed by atoms with van der Waals surface area (Å²) in [5, 5.41) is 2.98. The first-order chi connectivity index (χ1) is 13.3. The van der Waals surface area contributed by atoms with Crippen LogP contribution in [-0.4, -0.2) is 70.4 Å². The summed E-state index contributed by atoms with van der Waals surface area (Å²) in [7, 11) is 0. The van der Waals surface area contributed by atoms with Gasteiger partial charge in [0, 0.05) is 18.8 Å². The Balaban J connectivity index is 2.08. The molecule has 1 unspecified atom stereocenters. The molecule has 8 heteroatoms. The molecule has 0 aliphatic carbocycles. The van der Waals surface area contributed by atoms with Gasteiger partial charge in [-0.3, -0.25) is 14.4 Å². The van der Waals surface area contributed by atoms with Crippen LogP contribution in [0.3, 0.4) is 0 Å². The van der Waals surface area contributed by atoms with Crippen molar-refractivity contribution in [1.29, 1.82) is 0 Å². The van der Waals surface area contributed by atoms with Crippen LogP contribution in [0.25, 0.3) is 0 Å². The monoisotopic (exact) mass is 412 g/mol. The molecule has 0 aromatic heterocycles. The average Bonchev–Trinajstić information content (AvgIpc) is 3.40. The average molecular weight is 413 g/mol. The molecule has 2 saturated heterocycles. The molecule has 0 aromatic carbocycles. The summed E-state index contributed by atoms with van der Waals surface area (Å²) >= 11 is 1.73. The number of rotatable bonds is 8. The summed E-state index contributed by atoms with van der Waals surface area (Å²) in [6.07, 6.45) is 3.01. The molecule has 2 fully saturated rings. The zero-order valence-electron chi connectivity index (χ0n) is 17.6. The maximum atomic E-state index is 13.1. The Morgan fingerprint density at radius 1 is 1.11 bits per heavy atom. The molecular formula is C20H36N4O3S. The van der Waals surface area contributed by atoms with E-state index in [1.807, 2.05) is 32.6 Å². The Labute approximate surface area is 173 Å². The van der Waals surface area contributed by atoms with Gasteiger partial charge in [-0.15, -0.1) is 11.8 Å². The van der Waals surface area contributed by atoms with Gasteiger partial charge < -0.3 is 20.9 Å². The Morgan fingerprint density at radius 3 is 2.36 bits per heavy atom. The number of likely N-dealkylation sites (tertiary alicyclic amines) is 1. The van der Waals surface area contributed by atoms with Gasteiger partial charge in [0.1, 0.15) is 12.1 Å². The van der Waals surface area contributed by atoms with Gasteiger partial charge in [0.2, 0.25) is 17.7 Å². The van der Waals surface area contributed by atoms with E-state index in [-0.39, 0.29) is 29.6 Å². The number of amides is 3. The third kappa shape index (κ3) is 5.20. The summed E-state index contributed by atoms with van der Waals surface area (Å²) in [5.41, 5.74) is 6.13. The highest BCUT2D eigenvalue weighted by molar-refractivity contribution is 7.99. The second kappa shape index (κ2) is 10.5. The van der Waals surface area contributed by atoms with Crippen LogP contribution < -0.4 is 11.1 Å². The third-order valence-electron chi connectivity index (χ3n) is 6.22. The van der Waals surface area contributed by atoms with Crippen molar-refractivity contribution in [3.8, 4) is 0 Å². The van der Waals surface area contributed by atoms with Crippen LogP contribution in [0, 0.1) is 11.8 Å². The van der Waals surface area contributed by atoms with Gasteiger partial charge in [-0.05, 0) is 24.7 Å². The van der Waals surface area contributed by atoms with Crippen LogP contribution in [0.1, 0.15) is 53.4 Å². The van der Waals surface area contributed by atoms with E-state index in [0.29, 0.717) is 18.8 Å². The molecule has 28 heavy (non-hydrogen) atoms. The van der Waals surface area contributed by atoms with Crippen molar-refractivity contribution >= 4 is 29.5 Å². The Hall–Kier alpha value is -1.28. The molecule has 160 valence electrons. The summed E-state index contributed by atoms with van der Waals surface area (Å²) in [6.45, 7) is 9.25. The molecule has 0 spiro atoms. The zero-order chi connectivity index (χ0) is 20.8. The van der Waals surface area contributed by atoms with Gasteiger partial charge in [0.15, 0.2) is 0 Å². The molecule has 7 nitrogen and oxygen atoms in total. The first-order valence-electron chi connectivity index (χ1n) is 10.5. The fraction of sp³-hybridized carbons (Fsp3) is 0.850. The van der Waals surface area contributed by atoms with Crippen molar-refractivity contribution in [2.45, 2.75) is 71.5 Å². The molecule has 2 heterocycles. The van der Waals surface area contributed by atoms with Gasteiger partial charge in [0.05, 0.1) is 11.9 Å². The molecule has 3 amide bonds. The van der Waals surface area contributed by atoms with E-state index in [1.54, 1.807) is 16.7 Å². The zero-order valence-corrected chi connectivity index (χ0v) is 18.5. The summed E-state index contributed by atoms with van der Waals surface area (Å²) in [6, 6.07) is -1.67. The number of nitrogens with one attached hydrogen (secondary N) is 1. The molecule has 2 aliphatic heterocycles. The van der Waals surface area contributed by atoms with Crippen molar-refractivity contribution < 1.29 is 14.4 Å². The smallest absolute Gasteiger partial charge is 0.246 e. The number of thioether (sulfide) groups is 1. The van der Waals surface area contributed by atoms with Crippen LogP contribution in [0.2, 0.25) is 0 Å². The van der Waals surface area contributed by atoms with Gasteiger partial charge in [-0.25, -0.2) is 0 Å². The van der Waals surface area contributed by atoms with Crippen LogP contribution >= 0.6 is 11.8 Å². The molecule has 5 atom stereocenters. The number of nitrogens with zero attached hydrogens (tertiary/aromatic N) is 2. The van der Waals surface area contributed by atoms with E-state index in [9.17, 15) is 14.4 Å². The predicted octanol–water partition coefficient (Wildman–Crippen LogP) is 1.41. The predicted molar refractivity (Wildman–Crippen MR) is 113 cm³/mol. The van der Waals surface area contributed by atoms with Crippen molar-refractivity contribution in [2.75, 3.05) is 24.7 Å². The minimum atomic E-state index is -0.591. The van der Waals surface area contributed by atoms with Gasteiger partial charge in [-0.1, -0.05) is 40.5 Å². The standard InChI is InChI=1S/C20H36N4O3S/c1-5-13(3)16(21)19(26)24-9-7-8-15(24)18(25)22-17(14(4)6-2)20(27)23-10-11-28-12-23/h13-17H,5-12,21H2,1-4H3,(H,22,25)/t13-,14-,15?,16-,17+/m1/s1. The van der Waals surface area contributed by atoms with E-state index in [1.165, 1.54) is 0 Å². The lowest BCUT2D eigenvalue weighted by atomic mass is 9.96. The molecule has 0 bridgehead atoms. The van der Waals surface area contributed by atoms with Crippen LogP contribution in [0.5, 0.6) is 0 Å². The number of carbonyl (C=O) groups is 3. The normalized spacial score (nSPS) is 24.0. The maximum absolute atomic E-state index is 13.1. The summed E-state index contributed by atoms with van der Waals surface area (Å²) < 4.78 is 0. The Morgan fingerprint density at radius 2 is 1.79 bits per heavy atom. The first kappa shape index (κ1) is 23.0. The van der Waals surface area contributed by atoms with E-state index in [4.69, 9.17) is 5.73 Å². The topological polar surface area (TPSA) is 95.7 Å². The first-order valence-corrected chi connectivity index (χ1v) is 11.7.